The van der Waals surface area contributed by atoms with Crippen LogP contribution in [0.5, 0.6) is 5.88 Å². The normalized spacial score (nSPS) is 13.4. The fourth-order valence-corrected chi connectivity index (χ4v) is 3.66. The lowest BCUT2D eigenvalue weighted by Gasteiger charge is -2.27. The molecule has 5 rings (SSSR count). The zero-order chi connectivity index (χ0) is 24.7. The summed E-state index contributed by atoms with van der Waals surface area (Å²) in [4.78, 5) is 23.2. The Labute approximate surface area is 207 Å². The van der Waals surface area contributed by atoms with Crippen LogP contribution in [0, 0.1) is 6.92 Å². The van der Waals surface area contributed by atoms with Crippen LogP contribution >= 0.6 is 0 Å². The summed E-state index contributed by atoms with van der Waals surface area (Å²) in [6, 6.07) is 12.7. The first-order chi connectivity index (χ1) is 17.6. The molecule has 4 heterocycles. The van der Waals surface area contributed by atoms with Crippen molar-refractivity contribution in [3.05, 3.63) is 71.2 Å². The summed E-state index contributed by atoms with van der Waals surface area (Å²) in [5.41, 5.74) is 2.32. The Bertz CT molecular complexity index is 1310. The van der Waals surface area contributed by atoms with Crippen molar-refractivity contribution in [1.82, 2.24) is 30.2 Å². The third kappa shape index (κ3) is 5.96. The van der Waals surface area contributed by atoms with Gasteiger partial charge >= 0.3 is 0 Å². The molecule has 0 aliphatic carbocycles. The Morgan fingerprint density at radius 3 is 2.92 bits per heavy atom. The minimum Gasteiger partial charge on any atom is -0.472 e. The molecular weight excluding hydrogens is 464 g/mol. The summed E-state index contributed by atoms with van der Waals surface area (Å²) in [6.07, 6.45) is 1.64. The molecule has 1 saturated heterocycles. The predicted molar refractivity (Wildman–Crippen MR) is 130 cm³/mol. The lowest BCUT2D eigenvalue weighted by Crippen LogP contribution is -2.40. The van der Waals surface area contributed by atoms with E-state index in [4.69, 9.17) is 14.0 Å². The highest BCUT2D eigenvalue weighted by Crippen LogP contribution is 2.19. The molecule has 1 aromatic carbocycles. The molecular formula is C24H26N8O4. The maximum absolute atomic E-state index is 12.7. The summed E-state index contributed by atoms with van der Waals surface area (Å²) in [5.74, 6) is 2.73. The van der Waals surface area contributed by atoms with Gasteiger partial charge in [-0.1, -0.05) is 17.3 Å². The molecule has 3 N–H and O–H groups in total. The van der Waals surface area contributed by atoms with E-state index in [2.05, 4.69) is 36.0 Å². The number of hydrogen-bond donors (Lipinski definition) is 3. The number of aromatic amines is 1. The minimum atomic E-state index is 0.000978. The smallest absolute Gasteiger partial charge is 0.254 e. The predicted octanol–water partition coefficient (Wildman–Crippen LogP) is 2.90. The van der Waals surface area contributed by atoms with E-state index in [1.807, 2.05) is 37.3 Å². The zero-order valence-corrected chi connectivity index (χ0v) is 19.7. The Balaban J connectivity index is 1.15. The van der Waals surface area contributed by atoms with E-state index >= 15 is 0 Å². The van der Waals surface area contributed by atoms with Crippen molar-refractivity contribution in [3.63, 3.8) is 0 Å². The topological polar surface area (TPSA) is 143 Å². The van der Waals surface area contributed by atoms with Crippen LogP contribution in [0.3, 0.4) is 0 Å². The molecule has 1 aliphatic heterocycles. The van der Waals surface area contributed by atoms with Gasteiger partial charge in [-0.3, -0.25) is 9.89 Å². The number of morpholine rings is 1. The SMILES string of the molecule is Cc1cc(CNc2nccc(Nc3cc(OCc4cccc(C(=O)N5CCOCC5)c4)n[nH]3)n2)on1. The molecule has 12 heteroatoms. The molecule has 12 nitrogen and oxygen atoms in total. The molecule has 1 aliphatic rings. The number of anilines is 3. The van der Waals surface area contributed by atoms with Crippen molar-refractivity contribution < 1.29 is 18.8 Å². The quantitative estimate of drug-likeness (QED) is 0.320. The molecule has 0 spiro atoms. The molecule has 0 atom stereocenters. The number of ether oxygens (including phenoxy) is 2. The summed E-state index contributed by atoms with van der Waals surface area (Å²) in [5, 5.41) is 17.2. The summed E-state index contributed by atoms with van der Waals surface area (Å²) >= 11 is 0. The Morgan fingerprint density at radius 2 is 2.08 bits per heavy atom. The van der Waals surface area contributed by atoms with Gasteiger partial charge in [-0.2, -0.15) is 4.98 Å². The monoisotopic (exact) mass is 490 g/mol. The lowest BCUT2D eigenvalue weighted by molar-refractivity contribution is 0.0303. The van der Waals surface area contributed by atoms with Crippen molar-refractivity contribution in [2.24, 2.45) is 0 Å². The highest BCUT2D eigenvalue weighted by atomic mass is 16.5. The number of H-pyrrole nitrogens is 1. The number of hydrogen-bond acceptors (Lipinski definition) is 10. The number of aryl methyl sites for hydroxylation is 1. The zero-order valence-electron chi connectivity index (χ0n) is 19.7. The largest absolute Gasteiger partial charge is 0.472 e. The molecule has 0 unspecified atom stereocenters. The van der Waals surface area contributed by atoms with Crippen molar-refractivity contribution in [2.45, 2.75) is 20.1 Å². The van der Waals surface area contributed by atoms with Crippen LogP contribution in [-0.2, 0) is 17.9 Å². The number of amides is 1. The van der Waals surface area contributed by atoms with Gasteiger partial charge in [0.15, 0.2) is 5.76 Å². The third-order valence-corrected chi connectivity index (χ3v) is 5.43. The van der Waals surface area contributed by atoms with Crippen molar-refractivity contribution in [3.8, 4) is 5.88 Å². The second kappa shape index (κ2) is 10.9. The number of rotatable bonds is 9. The fourth-order valence-electron chi connectivity index (χ4n) is 3.66. The fraction of sp³-hybridized carbons (Fsp3) is 0.292. The van der Waals surface area contributed by atoms with Crippen LogP contribution in [0.4, 0.5) is 17.6 Å². The number of nitrogens with one attached hydrogen (secondary N) is 3. The van der Waals surface area contributed by atoms with E-state index in [-0.39, 0.29) is 12.5 Å². The van der Waals surface area contributed by atoms with Gasteiger partial charge in [-0.25, -0.2) is 4.98 Å². The van der Waals surface area contributed by atoms with Crippen LogP contribution < -0.4 is 15.4 Å². The average molecular weight is 491 g/mol. The van der Waals surface area contributed by atoms with E-state index in [1.165, 1.54) is 0 Å². The van der Waals surface area contributed by atoms with Gasteiger partial charge in [-0.15, -0.1) is 5.10 Å². The van der Waals surface area contributed by atoms with Crippen LogP contribution in [0.15, 0.2) is 53.2 Å². The van der Waals surface area contributed by atoms with Crippen LogP contribution in [-0.4, -0.2) is 62.4 Å². The molecule has 3 aromatic heterocycles. The number of benzene rings is 1. The van der Waals surface area contributed by atoms with E-state index in [9.17, 15) is 4.79 Å². The summed E-state index contributed by atoms with van der Waals surface area (Å²) in [6.45, 7) is 4.91. The van der Waals surface area contributed by atoms with Gasteiger partial charge in [0.1, 0.15) is 18.2 Å². The van der Waals surface area contributed by atoms with Crippen LogP contribution in [0.2, 0.25) is 0 Å². The first kappa shape index (κ1) is 23.3. The maximum Gasteiger partial charge on any atom is 0.254 e. The molecule has 0 bridgehead atoms. The van der Waals surface area contributed by atoms with Gasteiger partial charge in [0.25, 0.3) is 5.91 Å². The number of carbonyl (C=O) groups is 1. The molecule has 36 heavy (non-hydrogen) atoms. The highest BCUT2D eigenvalue weighted by Gasteiger charge is 2.18. The molecule has 1 fully saturated rings. The standard InChI is InChI=1S/C24H26N8O4/c1-16-11-19(36-31-16)14-26-24-25-6-5-20(28-24)27-21-13-22(30-29-21)35-15-17-3-2-4-18(12-17)23(33)32-7-9-34-10-8-32/h2-6,11-13H,7-10,14-15H2,1H3,(H3,25,26,27,28,29,30). The molecule has 4 aromatic rings. The van der Waals surface area contributed by atoms with Gasteiger partial charge in [0.2, 0.25) is 11.8 Å². The second-order valence-electron chi connectivity index (χ2n) is 8.19. The van der Waals surface area contributed by atoms with Crippen molar-refractivity contribution >= 4 is 23.5 Å². The summed E-state index contributed by atoms with van der Waals surface area (Å²) < 4.78 is 16.3. The first-order valence-electron chi connectivity index (χ1n) is 11.5. The Hall–Kier alpha value is -4.45. The number of aromatic nitrogens is 5. The van der Waals surface area contributed by atoms with Crippen LogP contribution in [0.25, 0.3) is 0 Å². The van der Waals surface area contributed by atoms with E-state index in [1.54, 1.807) is 23.2 Å². The Morgan fingerprint density at radius 1 is 1.19 bits per heavy atom. The number of carbonyl (C=O) groups excluding carboxylic acids is 1. The molecule has 186 valence electrons. The lowest BCUT2D eigenvalue weighted by atomic mass is 10.1. The summed E-state index contributed by atoms with van der Waals surface area (Å²) in [7, 11) is 0. The van der Waals surface area contributed by atoms with Gasteiger partial charge < -0.3 is 29.5 Å². The molecule has 1 amide bonds. The second-order valence-corrected chi connectivity index (χ2v) is 8.19. The molecule has 0 saturated carbocycles. The van der Waals surface area contributed by atoms with Gasteiger partial charge in [-0.05, 0) is 30.7 Å². The van der Waals surface area contributed by atoms with Gasteiger partial charge in [0, 0.05) is 37.0 Å². The van der Waals surface area contributed by atoms with E-state index in [0.29, 0.717) is 67.6 Å². The first-order valence-corrected chi connectivity index (χ1v) is 11.5. The number of nitrogens with zero attached hydrogens (tertiary/aromatic N) is 5. The molecule has 0 radical (unpaired) electrons. The average Bonchev–Trinajstić information content (AvgIpc) is 3.55. The third-order valence-electron chi connectivity index (χ3n) is 5.43. The van der Waals surface area contributed by atoms with Crippen molar-refractivity contribution in [1.29, 1.82) is 0 Å². The maximum atomic E-state index is 12.7. The van der Waals surface area contributed by atoms with Gasteiger partial charge in [0.05, 0.1) is 25.5 Å². The van der Waals surface area contributed by atoms with Crippen molar-refractivity contribution in [2.75, 3.05) is 36.9 Å². The van der Waals surface area contributed by atoms with E-state index in [0.717, 1.165) is 11.3 Å². The highest BCUT2D eigenvalue weighted by molar-refractivity contribution is 5.94. The van der Waals surface area contributed by atoms with Crippen LogP contribution in [0.1, 0.15) is 27.4 Å². The van der Waals surface area contributed by atoms with E-state index < -0.39 is 0 Å². The Kier molecular flexibility index (Phi) is 7.03. The minimum absolute atomic E-state index is 0.000978.